The van der Waals surface area contributed by atoms with Gasteiger partial charge < -0.3 is 0 Å². The normalized spacial score (nSPS) is 11.7. The van der Waals surface area contributed by atoms with Gasteiger partial charge in [-0.3, -0.25) is 5.84 Å². The first-order chi connectivity index (χ1) is 6.40. The molecular weight excluding hydrogens is 254 g/mol. The third-order valence-electron chi connectivity index (χ3n) is 1.43. The van der Waals surface area contributed by atoms with Gasteiger partial charge in [-0.05, 0) is 12.1 Å². The van der Waals surface area contributed by atoms with E-state index in [0.29, 0.717) is 0 Å². The van der Waals surface area contributed by atoms with Crippen molar-refractivity contribution in [3.05, 3.63) is 28.0 Å². The Morgan fingerprint density at radius 1 is 1.36 bits per heavy atom. The van der Waals surface area contributed by atoms with Crippen LogP contribution < -0.4 is 10.7 Å². The van der Waals surface area contributed by atoms with E-state index >= 15 is 0 Å². The van der Waals surface area contributed by atoms with Crippen molar-refractivity contribution in [2.24, 2.45) is 5.84 Å². The molecular formula is C6H5Cl2FN2O2S. The molecule has 0 aliphatic carbocycles. The second-order valence-electron chi connectivity index (χ2n) is 2.29. The van der Waals surface area contributed by atoms with Gasteiger partial charge in [0.05, 0.1) is 10.0 Å². The van der Waals surface area contributed by atoms with Crippen molar-refractivity contribution in [1.29, 1.82) is 0 Å². The van der Waals surface area contributed by atoms with Gasteiger partial charge in [-0.25, -0.2) is 12.8 Å². The van der Waals surface area contributed by atoms with Crippen LogP contribution in [-0.4, -0.2) is 8.42 Å². The van der Waals surface area contributed by atoms with Gasteiger partial charge in [-0.15, -0.1) is 4.83 Å². The predicted molar refractivity (Wildman–Crippen MR) is 50.9 cm³/mol. The highest BCUT2D eigenvalue weighted by molar-refractivity contribution is 7.89. The molecule has 1 aromatic rings. The zero-order valence-corrected chi connectivity index (χ0v) is 8.92. The van der Waals surface area contributed by atoms with Crippen LogP contribution >= 0.6 is 23.2 Å². The lowest BCUT2D eigenvalue weighted by molar-refractivity contribution is 0.559. The van der Waals surface area contributed by atoms with Crippen LogP contribution in [0.1, 0.15) is 0 Å². The lowest BCUT2D eigenvalue weighted by Crippen LogP contribution is -2.31. The van der Waals surface area contributed by atoms with Crippen molar-refractivity contribution < 1.29 is 12.8 Å². The molecule has 0 bridgehead atoms. The number of hydrazine groups is 1. The third-order valence-corrected chi connectivity index (χ3v) is 3.59. The van der Waals surface area contributed by atoms with E-state index in [1.807, 2.05) is 0 Å². The van der Waals surface area contributed by atoms with Crippen molar-refractivity contribution in [2.75, 3.05) is 0 Å². The van der Waals surface area contributed by atoms with Crippen LogP contribution in [0.3, 0.4) is 0 Å². The van der Waals surface area contributed by atoms with Crippen LogP contribution in [0.25, 0.3) is 0 Å². The van der Waals surface area contributed by atoms with Crippen LogP contribution in [0.15, 0.2) is 17.0 Å². The Labute approximate surface area is 89.8 Å². The first kappa shape index (κ1) is 11.7. The first-order valence-electron chi connectivity index (χ1n) is 3.26. The number of sulfonamides is 1. The summed E-state index contributed by atoms with van der Waals surface area (Å²) < 4.78 is 35.4. The minimum atomic E-state index is -4.15. The minimum Gasteiger partial charge on any atom is -0.257 e. The van der Waals surface area contributed by atoms with Gasteiger partial charge in [0.15, 0.2) is 0 Å². The smallest absolute Gasteiger partial charge is 0.257 e. The van der Waals surface area contributed by atoms with E-state index in [0.717, 1.165) is 12.1 Å². The molecule has 1 rings (SSSR count). The number of nitrogens with one attached hydrogen (secondary N) is 1. The zero-order valence-electron chi connectivity index (χ0n) is 6.59. The van der Waals surface area contributed by atoms with E-state index in [2.05, 4.69) is 0 Å². The summed E-state index contributed by atoms with van der Waals surface area (Å²) in [5.74, 6) is 3.70. The molecule has 0 heterocycles. The van der Waals surface area contributed by atoms with Gasteiger partial charge in [-0.2, -0.15) is 0 Å². The van der Waals surface area contributed by atoms with Gasteiger partial charge in [-0.1, -0.05) is 23.2 Å². The SMILES string of the molecule is NNS(=O)(=O)c1c(F)ccc(Cl)c1Cl. The molecule has 0 saturated heterocycles. The highest BCUT2D eigenvalue weighted by Crippen LogP contribution is 2.30. The largest absolute Gasteiger partial charge is 0.257 e. The Bertz CT molecular complexity index is 463. The number of hydrogen-bond donors (Lipinski definition) is 2. The summed E-state index contributed by atoms with van der Waals surface area (Å²) in [7, 11) is -4.15. The van der Waals surface area contributed by atoms with Crippen molar-refractivity contribution in [2.45, 2.75) is 4.90 Å². The average molecular weight is 259 g/mol. The molecule has 0 atom stereocenters. The number of hydrogen-bond acceptors (Lipinski definition) is 3. The average Bonchev–Trinajstić information content (AvgIpc) is 2.12. The molecule has 0 fully saturated rings. The van der Waals surface area contributed by atoms with Gasteiger partial charge >= 0.3 is 0 Å². The monoisotopic (exact) mass is 258 g/mol. The van der Waals surface area contributed by atoms with E-state index in [-0.39, 0.29) is 5.02 Å². The minimum absolute atomic E-state index is 0.0677. The van der Waals surface area contributed by atoms with E-state index in [4.69, 9.17) is 29.0 Å². The molecule has 0 aliphatic rings. The fourth-order valence-electron chi connectivity index (χ4n) is 0.814. The van der Waals surface area contributed by atoms with Gasteiger partial charge in [0.2, 0.25) is 0 Å². The van der Waals surface area contributed by atoms with E-state index < -0.39 is 25.8 Å². The molecule has 0 unspecified atom stereocenters. The second kappa shape index (κ2) is 4.00. The van der Waals surface area contributed by atoms with Crippen molar-refractivity contribution >= 4 is 33.2 Å². The summed E-state index contributed by atoms with van der Waals surface area (Å²) in [6.45, 7) is 0. The lowest BCUT2D eigenvalue weighted by atomic mass is 10.3. The predicted octanol–water partition coefficient (Wildman–Crippen LogP) is 1.28. The number of halogens is 3. The van der Waals surface area contributed by atoms with Crippen LogP contribution in [0, 0.1) is 5.82 Å². The molecule has 1 aromatic carbocycles. The van der Waals surface area contributed by atoms with Crippen LogP contribution in [0.4, 0.5) is 4.39 Å². The molecule has 78 valence electrons. The van der Waals surface area contributed by atoms with E-state index in [9.17, 15) is 12.8 Å². The molecule has 0 amide bonds. The van der Waals surface area contributed by atoms with Gasteiger partial charge in [0.25, 0.3) is 10.0 Å². The summed E-state index contributed by atoms with van der Waals surface area (Å²) in [5, 5.41) is -0.466. The molecule has 0 aromatic heterocycles. The molecule has 4 nitrogen and oxygen atoms in total. The summed E-state index contributed by atoms with van der Waals surface area (Å²) in [4.78, 5) is 0.700. The van der Waals surface area contributed by atoms with Crippen molar-refractivity contribution in [3.8, 4) is 0 Å². The Morgan fingerprint density at radius 3 is 2.43 bits per heavy atom. The summed E-state index contributed by atoms with van der Waals surface area (Å²) in [6.07, 6.45) is 0. The molecule has 0 spiro atoms. The topological polar surface area (TPSA) is 72.2 Å². The summed E-state index contributed by atoms with van der Waals surface area (Å²) in [5.41, 5.74) is 0. The van der Waals surface area contributed by atoms with Gasteiger partial charge in [0, 0.05) is 0 Å². The van der Waals surface area contributed by atoms with E-state index in [1.54, 1.807) is 0 Å². The Kier molecular flexibility index (Phi) is 3.33. The maximum Gasteiger partial charge on any atom is 0.257 e. The molecule has 8 heteroatoms. The Balaban J connectivity index is 3.56. The highest BCUT2D eigenvalue weighted by Gasteiger charge is 2.23. The Hall–Kier alpha value is -0.400. The van der Waals surface area contributed by atoms with Crippen molar-refractivity contribution in [1.82, 2.24) is 4.83 Å². The number of rotatable bonds is 2. The molecule has 14 heavy (non-hydrogen) atoms. The number of nitrogens with two attached hydrogens (primary N) is 1. The molecule has 3 N–H and O–H groups in total. The summed E-state index contributed by atoms with van der Waals surface area (Å²) >= 11 is 11.0. The van der Waals surface area contributed by atoms with Crippen molar-refractivity contribution in [3.63, 3.8) is 0 Å². The molecule has 0 saturated carbocycles. The van der Waals surface area contributed by atoms with Crippen LogP contribution in [-0.2, 0) is 10.0 Å². The molecule has 0 radical (unpaired) electrons. The zero-order chi connectivity index (χ0) is 10.9. The quantitative estimate of drug-likeness (QED) is 0.477. The first-order valence-corrected chi connectivity index (χ1v) is 5.50. The maximum absolute atomic E-state index is 13.1. The summed E-state index contributed by atoms with van der Waals surface area (Å²) in [6, 6.07) is 2.03. The third kappa shape index (κ3) is 1.99. The second-order valence-corrected chi connectivity index (χ2v) is 4.73. The Morgan fingerprint density at radius 2 is 1.93 bits per heavy atom. The number of benzene rings is 1. The highest BCUT2D eigenvalue weighted by atomic mass is 35.5. The standard InChI is InChI=1S/C6H5Cl2FN2O2S/c7-3-1-2-4(9)6(5(3)8)14(12,13)11-10/h1-2,11H,10H2. The fourth-order valence-corrected chi connectivity index (χ4v) is 2.27. The van der Waals surface area contributed by atoms with E-state index in [1.165, 1.54) is 4.83 Å². The lowest BCUT2D eigenvalue weighted by Gasteiger charge is -2.06. The molecule has 0 aliphatic heterocycles. The van der Waals surface area contributed by atoms with Crippen LogP contribution in [0.2, 0.25) is 10.0 Å². The maximum atomic E-state index is 13.1. The fraction of sp³-hybridized carbons (Fsp3) is 0. The van der Waals surface area contributed by atoms with Gasteiger partial charge in [0.1, 0.15) is 10.7 Å². The van der Waals surface area contributed by atoms with Crippen LogP contribution in [0.5, 0.6) is 0 Å².